The van der Waals surface area contributed by atoms with Crippen LogP contribution in [0.25, 0.3) is 0 Å². The molecule has 0 fully saturated rings. The molecule has 0 saturated carbocycles. The summed E-state index contributed by atoms with van der Waals surface area (Å²) in [5.41, 5.74) is 2.82. The van der Waals surface area contributed by atoms with Crippen molar-refractivity contribution in [3.8, 4) is 0 Å². The number of benzene rings is 2. The van der Waals surface area contributed by atoms with Gasteiger partial charge in [-0.2, -0.15) is 0 Å². The highest BCUT2D eigenvalue weighted by Crippen LogP contribution is 2.39. The number of fused-ring (bicyclic) bond motifs is 2. The molecule has 2 aromatic rings. The maximum absolute atomic E-state index is 8.49. The molecule has 0 spiro atoms. The summed E-state index contributed by atoms with van der Waals surface area (Å²) in [7, 11) is -4.94. The van der Waals surface area contributed by atoms with Crippen LogP contribution in [0, 0.1) is 10.2 Å². The first-order valence-electron chi connectivity index (χ1n) is 6.24. The minimum Gasteiger partial charge on any atom is -0.268 e. The lowest BCUT2D eigenvalue weighted by Crippen LogP contribution is -3.02. The van der Waals surface area contributed by atoms with E-state index < -0.39 is 10.2 Å². The maximum Gasteiger partial charge on any atom is 0.150 e. The molecule has 0 atom stereocenters. The zero-order valence-corrected chi connectivity index (χ0v) is 12.8. The van der Waals surface area contributed by atoms with E-state index in [1.165, 1.54) is 26.1 Å². The van der Waals surface area contributed by atoms with E-state index in [1.54, 1.807) is 0 Å². The van der Waals surface area contributed by atoms with Gasteiger partial charge in [0, 0.05) is 12.1 Å². The van der Waals surface area contributed by atoms with Gasteiger partial charge < -0.3 is 0 Å². The van der Waals surface area contributed by atoms with Gasteiger partial charge >= 0.3 is 0 Å². The van der Waals surface area contributed by atoms with E-state index in [0.29, 0.717) is 0 Å². The molecule has 0 aliphatic carbocycles. The first-order chi connectivity index (χ1) is 9.90. The van der Waals surface area contributed by atoms with E-state index >= 15 is 0 Å². The van der Waals surface area contributed by atoms with Gasteiger partial charge in [-0.25, -0.2) is 18.6 Å². The van der Waals surface area contributed by atoms with E-state index in [2.05, 4.69) is 55.5 Å². The van der Waals surface area contributed by atoms with E-state index in [4.69, 9.17) is 18.6 Å². The lowest BCUT2D eigenvalue weighted by molar-refractivity contribution is -2.00. The fourth-order valence-electron chi connectivity index (χ4n) is 2.25. The van der Waals surface area contributed by atoms with E-state index in [0.717, 1.165) is 6.54 Å². The molecule has 112 valence electrons. The summed E-state index contributed by atoms with van der Waals surface area (Å²) >= 11 is 1.88. The van der Waals surface area contributed by atoms with Crippen LogP contribution in [-0.2, 0) is 0 Å². The van der Waals surface area contributed by atoms with E-state index in [1.807, 2.05) is 11.8 Å². The third kappa shape index (κ3) is 4.42. The predicted molar refractivity (Wildman–Crippen MR) is 67.8 cm³/mol. The van der Waals surface area contributed by atoms with Crippen molar-refractivity contribution >= 4 is 23.1 Å². The second-order valence-electron chi connectivity index (χ2n) is 4.30. The third-order valence-corrected chi connectivity index (χ3v) is 4.15. The summed E-state index contributed by atoms with van der Waals surface area (Å²) in [4.78, 5) is 4.25. The first kappa shape index (κ1) is 16.3. The van der Waals surface area contributed by atoms with Gasteiger partial charge in [-0.05, 0) is 19.1 Å². The van der Waals surface area contributed by atoms with Crippen molar-refractivity contribution in [3.05, 3.63) is 48.5 Å². The van der Waals surface area contributed by atoms with Crippen molar-refractivity contribution in [2.24, 2.45) is 0 Å². The van der Waals surface area contributed by atoms with Crippen molar-refractivity contribution in [2.45, 2.75) is 16.7 Å². The monoisotopic (exact) mass is 327 g/mol. The Bertz CT molecular complexity index is 566. The molecule has 1 N–H and O–H groups in total. The van der Waals surface area contributed by atoms with E-state index in [-0.39, 0.29) is 0 Å². The molecule has 2 aromatic carbocycles. The molecule has 0 saturated heterocycles. The largest absolute Gasteiger partial charge is 0.268 e. The fraction of sp³-hybridized carbons (Fsp3) is 0.143. The molecule has 3 rings (SSSR count). The van der Waals surface area contributed by atoms with Gasteiger partial charge in [0.25, 0.3) is 0 Å². The number of nitrogens with one attached hydrogen (secondary N) is 1. The van der Waals surface area contributed by atoms with Gasteiger partial charge in [0.2, 0.25) is 0 Å². The van der Waals surface area contributed by atoms with Crippen LogP contribution in [0.1, 0.15) is 6.92 Å². The number of hydrogen-bond acceptors (Lipinski definition) is 5. The van der Waals surface area contributed by atoms with Crippen LogP contribution in [0.15, 0.2) is 58.3 Å². The Balaban J connectivity index is 0.000000282. The second-order valence-corrected chi connectivity index (χ2v) is 6.14. The molecule has 7 heteroatoms. The van der Waals surface area contributed by atoms with Gasteiger partial charge in [-0.15, -0.1) is 10.2 Å². The Hall–Kier alpha value is -1.12. The number of halogens is 1. The van der Waals surface area contributed by atoms with Crippen molar-refractivity contribution in [2.75, 3.05) is 6.54 Å². The molecule has 0 aromatic heterocycles. The molecule has 5 nitrogen and oxygen atoms in total. The van der Waals surface area contributed by atoms with Crippen LogP contribution < -0.4 is 23.5 Å². The van der Waals surface area contributed by atoms with Crippen molar-refractivity contribution in [1.82, 2.24) is 0 Å². The van der Waals surface area contributed by atoms with Crippen molar-refractivity contribution in [1.29, 1.82) is 0 Å². The standard InChI is InChI=1S/C14H13NS.ClHO4/c1-2-15-11-7-3-5-9-13(11)16-14-10-6-4-8-12(14)15;2-1(3,4)5/h3-10H,2H2,1H3;(H,2,3,4,5). The molecular formula is C14H14ClNO4S. The second kappa shape index (κ2) is 6.76. The highest BCUT2D eigenvalue weighted by molar-refractivity contribution is 7.99. The first-order valence-corrected chi connectivity index (χ1v) is 8.29. The molecule has 0 radical (unpaired) electrons. The normalized spacial score (nSPS) is 13.8. The molecule has 1 aliphatic rings. The Labute approximate surface area is 129 Å². The van der Waals surface area contributed by atoms with Crippen LogP contribution in [0.5, 0.6) is 0 Å². The van der Waals surface area contributed by atoms with Gasteiger partial charge in [-0.1, -0.05) is 36.0 Å². The molecule has 0 amide bonds. The summed E-state index contributed by atoms with van der Waals surface area (Å²) in [6.45, 7) is 3.33. The number of hydrogen-bond donors (Lipinski definition) is 1. The number of para-hydroxylation sites is 2. The molecule has 1 heterocycles. The summed E-state index contributed by atoms with van der Waals surface area (Å²) in [5.74, 6) is 0. The average Bonchev–Trinajstić information content (AvgIpc) is 2.43. The smallest absolute Gasteiger partial charge is 0.150 e. The van der Waals surface area contributed by atoms with Crippen LogP contribution in [0.2, 0.25) is 0 Å². The minimum atomic E-state index is -4.94. The molecule has 21 heavy (non-hydrogen) atoms. The Morgan fingerprint density at radius 1 is 0.857 bits per heavy atom. The average molecular weight is 328 g/mol. The Morgan fingerprint density at radius 3 is 1.62 bits per heavy atom. The van der Waals surface area contributed by atoms with Crippen molar-refractivity contribution < 1.29 is 33.8 Å². The van der Waals surface area contributed by atoms with Gasteiger partial charge in [0.05, 0.1) is 16.3 Å². The third-order valence-electron chi connectivity index (χ3n) is 3.00. The summed E-state index contributed by atoms with van der Waals surface area (Å²) in [6.07, 6.45) is 0. The topological polar surface area (TPSA) is 96.7 Å². The van der Waals surface area contributed by atoms with Crippen LogP contribution in [0.4, 0.5) is 11.4 Å². The van der Waals surface area contributed by atoms with Crippen LogP contribution >= 0.6 is 11.8 Å². The van der Waals surface area contributed by atoms with Crippen molar-refractivity contribution in [3.63, 3.8) is 0 Å². The zero-order valence-electron chi connectivity index (χ0n) is 11.2. The van der Waals surface area contributed by atoms with Gasteiger partial charge in [-0.3, -0.25) is 4.90 Å². The van der Waals surface area contributed by atoms with Gasteiger partial charge in [0.1, 0.15) is 11.4 Å². The Morgan fingerprint density at radius 2 is 1.24 bits per heavy atom. The SMILES string of the molecule is CC[NH+]1c2ccccc2Sc2ccccc21.[O-][Cl+3]([O-])([O-])[O-]. The quantitative estimate of drug-likeness (QED) is 0.671. The minimum absolute atomic E-state index is 1.09. The lowest BCUT2D eigenvalue weighted by Gasteiger charge is -2.25. The zero-order chi connectivity index (χ0) is 15.5. The Kier molecular flexibility index (Phi) is 5.23. The summed E-state index contributed by atoms with van der Waals surface area (Å²) in [5, 5.41) is 0. The molecular weight excluding hydrogens is 314 g/mol. The van der Waals surface area contributed by atoms with Crippen LogP contribution in [0.3, 0.4) is 0 Å². The maximum atomic E-state index is 8.49. The lowest BCUT2D eigenvalue weighted by atomic mass is 10.2. The molecule has 0 bridgehead atoms. The highest BCUT2D eigenvalue weighted by atomic mass is 35.7. The highest BCUT2D eigenvalue weighted by Gasteiger charge is 2.26. The van der Waals surface area contributed by atoms with E-state index in [9.17, 15) is 0 Å². The number of rotatable bonds is 1. The molecule has 1 aliphatic heterocycles. The summed E-state index contributed by atoms with van der Waals surface area (Å²) < 4.78 is 34.0. The summed E-state index contributed by atoms with van der Waals surface area (Å²) in [6, 6.07) is 17.4. The molecule has 0 unspecified atom stereocenters. The predicted octanol–water partition coefficient (Wildman–Crippen LogP) is -1.74. The van der Waals surface area contributed by atoms with Gasteiger partial charge in [0.15, 0.2) is 0 Å². The van der Waals surface area contributed by atoms with Crippen LogP contribution in [-0.4, -0.2) is 6.54 Å². The fourth-order valence-corrected chi connectivity index (χ4v) is 3.39. The number of quaternary nitrogens is 1.